The van der Waals surface area contributed by atoms with Crippen molar-refractivity contribution in [1.29, 1.82) is 0 Å². The third-order valence-corrected chi connectivity index (χ3v) is 3.60. The number of nitrogens with two attached hydrogens (primary N) is 1. The smallest absolute Gasteiger partial charge is 0.256 e. The number of hydrogen-bond acceptors (Lipinski definition) is 3. The Hall–Kier alpha value is -1.62. The fourth-order valence-corrected chi connectivity index (χ4v) is 2.59. The lowest BCUT2D eigenvalue weighted by molar-refractivity contribution is 0.0575. The number of carbonyl (C=O) groups excluding carboxylic acids is 1. The number of halogens is 1. The van der Waals surface area contributed by atoms with Crippen molar-refractivity contribution in [2.45, 2.75) is 31.7 Å². The molecule has 104 valence electrons. The number of piperidine rings is 1. The normalized spacial score (nSPS) is 19.5. The van der Waals surface area contributed by atoms with E-state index in [-0.39, 0.29) is 24.1 Å². The van der Waals surface area contributed by atoms with Gasteiger partial charge in [0, 0.05) is 24.9 Å². The molecule has 1 heterocycles. The first kappa shape index (κ1) is 13.8. The maximum Gasteiger partial charge on any atom is 0.256 e. The molecule has 1 aliphatic heterocycles. The number of nitrogens with zero attached hydrogens (tertiary/aromatic N) is 1. The number of aliphatic hydroxyl groups excluding tert-OH is 1. The van der Waals surface area contributed by atoms with Crippen LogP contribution in [0.1, 0.15) is 36.0 Å². The molecule has 1 aliphatic rings. The molecule has 1 saturated heterocycles. The lowest BCUT2D eigenvalue weighted by atomic mass is 9.98. The number of hydrogen-bond donors (Lipinski definition) is 2. The summed E-state index contributed by atoms with van der Waals surface area (Å²) in [6.07, 6.45) is 3.42. The molecule has 0 saturated carbocycles. The summed E-state index contributed by atoms with van der Waals surface area (Å²) in [4.78, 5) is 14.2. The van der Waals surface area contributed by atoms with E-state index in [0.717, 1.165) is 19.3 Å². The Bertz CT molecular complexity index is 463. The van der Waals surface area contributed by atoms with Gasteiger partial charge in [0.1, 0.15) is 5.82 Å². The van der Waals surface area contributed by atoms with Gasteiger partial charge < -0.3 is 15.7 Å². The first-order valence-corrected chi connectivity index (χ1v) is 6.60. The van der Waals surface area contributed by atoms with Crippen LogP contribution in [0.4, 0.5) is 10.1 Å². The maximum absolute atomic E-state index is 13.3. The molecule has 3 N–H and O–H groups in total. The molecule has 19 heavy (non-hydrogen) atoms. The second kappa shape index (κ2) is 6.02. The SMILES string of the molecule is Nc1ccc(F)cc1C(=O)N1CCCCC1CCO. The summed E-state index contributed by atoms with van der Waals surface area (Å²) in [5.74, 6) is -0.705. The number of benzene rings is 1. The van der Waals surface area contributed by atoms with Gasteiger partial charge in [-0.2, -0.15) is 0 Å². The van der Waals surface area contributed by atoms with Crippen LogP contribution in [0.2, 0.25) is 0 Å². The zero-order chi connectivity index (χ0) is 13.8. The highest BCUT2D eigenvalue weighted by atomic mass is 19.1. The Morgan fingerprint density at radius 3 is 3.00 bits per heavy atom. The fourth-order valence-electron chi connectivity index (χ4n) is 2.59. The van der Waals surface area contributed by atoms with E-state index in [1.54, 1.807) is 4.90 Å². The Kier molecular flexibility index (Phi) is 4.37. The molecular weight excluding hydrogens is 247 g/mol. The molecule has 0 aliphatic carbocycles. The standard InChI is InChI=1S/C14H19FN2O2/c15-10-4-5-13(16)12(9-10)14(19)17-7-2-1-3-11(17)6-8-18/h4-5,9,11,18H,1-3,6-8,16H2. The van der Waals surface area contributed by atoms with Gasteiger partial charge in [0.15, 0.2) is 0 Å². The van der Waals surface area contributed by atoms with Gasteiger partial charge in [-0.1, -0.05) is 0 Å². The van der Waals surface area contributed by atoms with Crippen LogP contribution in [0.5, 0.6) is 0 Å². The Labute approximate surface area is 112 Å². The largest absolute Gasteiger partial charge is 0.398 e. The number of aliphatic hydroxyl groups is 1. The van der Waals surface area contributed by atoms with Gasteiger partial charge in [0.05, 0.1) is 5.56 Å². The van der Waals surface area contributed by atoms with Crippen molar-refractivity contribution >= 4 is 11.6 Å². The number of amides is 1. The number of rotatable bonds is 3. The first-order chi connectivity index (χ1) is 9.13. The van der Waals surface area contributed by atoms with Gasteiger partial charge in [-0.15, -0.1) is 0 Å². The van der Waals surface area contributed by atoms with Gasteiger partial charge in [-0.05, 0) is 43.9 Å². The van der Waals surface area contributed by atoms with E-state index in [1.165, 1.54) is 18.2 Å². The van der Waals surface area contributed by atoms with Gasteiger partial charge in [0.25, 0.3) is 5.91 Å². The number of nitrogen functional groups attached to an aromatic ring is 1. The molecule has 1 atom stereocenters. The van der Waals surface area contributed by atoms with Crippen molar-refractivity contribution in [2.75, 3.05) is 18.9 Å². The molecule has 0 radical (unpaired) electrons. The average molecular weight is 266 g/mol. The minimum atomic E-state index is -0.465. The molecule has 1 amide bonds. The van der Waals surface area contributed by atoms with E-state index in [9.17, 15) is 9.18 Å². The summed E-state index contributed by atoms with van der Waals surface area (Å²) >= 11 is 0. The molecular formula is C14H19FN2O2. The minimum Gasteiger partial charge on any atom is -0.398 e. The van der Waals surface area contributed by atoms with Crippen molar-refractivity contribution in [3.05, 3.63) is 29.6 Å². The lowest BCUT2D eigenvalue weighted by Crippen LogP contribution is -2.44. The summed E-state index contributed by atoms with van der Waals surface area (Å²) in [5, 5.41) is 9.06. The topological polar surface area (TPSA) is 66.6 Å². The monoisotopic (exact) mass is 266 g/mol. The molecule has 5 heteroatoms. The van der Waals surface area contributed by atoms with Crippen molar-refractivity contribution in [3.63, 3.8) is 0 Å². The van der Waals surface area contributed by atoms with E-state index in [2.05, 4.69) is 0 Å². The summed E-state index contributed by atoms with van der Waals surface area (Å²) in [5.41, 5.74) is 6.26. The predicted octanol–water partition coefficient (Wildman–Crippen LogP) is 1.79. The number of anilines is 1. The van der Waals surface area contributed by atoms with Crippen LogP contribution in [-0.2, 0) is 0 Å². The van der Waals surface area contributed by atoms with Gasteiger partial charge >= 0.3 is 0 Å². The zero-order valence-corrected chi connectivity index (χ0v) is 10.8. The summed E-state index contributed by atoms with van der Waals surface area (Å²) in [7, 11) is 0. The minimum absolute atomic E-state index is 0.0221. The number of likely N-dealkylation sites (tertiary alicyclic amines) is 1. The molecule has 1 fully saturated rings. The van der Waals surface area contributed by atoms with Crippen LogP contribution in [0.3, 0.4) is 0 Å². The van der Waals surface area contributed by atoms with Crippen molar-refractivity contribution in [2.24, 2.45) is 0 Å². The van der Waals surface area contributed by atoms with E-state index in [4.69, 9.17) is 10.8 Å². The molecule has 0 aromatic heterocycles. The van der Waals surface area contributed by atoms with Crippen LogP contribution in [0.15, 0.2) is 18.2 Å². The molecule has 4 nitrogen and oxygen atoms in total. The highest BCUT2D eigenvalue weighted by Gasteiger charge is 2.28. The highest BCUT2D eigenvalue weighted by molar-refractivity contribution is 5.99. The summed E-state index contributed by atoms with van der Waals surface area (Å²) < 4.78 is 13.3. The highest BCUT2D eigenvalue weighted by Crippen LogP contribution is 2.24. The van der Waals surface area contributed by atoms with E-state index < -0.39 is 5.82 Å². The van der Waals surface area contributed by atoms with E-state index in [1.807, 2.05) is 0 Å². The zero-order valence-electron chi connectivity index (χ0n) is 10.8. The van der Waals surface area contributed by atoms with E-state index >= 15 is 0 Å². The van der Waals surface area contributed by atoms with E-state index in [0.29, 0.717) is 18.7 Å². The third kappa shape index (κ3) is 3.04. The molecule has 1 aromatic carbocycles. The first-order valence-electron chi connectivity index (χ1n) is 6.60. The van der Waals surface area contributed by atoms with Crippen LogP contribution in [-0.4, -0.2) is 35.1 Å². The molecule has 1 unspecified atom stereocenters. The van der Waals surface area contributed by atoms with Gasteiger partial charge in [0.2, 0.25) is 0 Å². The van der Waals surface area contributed by atoms with Crippen molar-refractivity contribution < 1.29 is 14.3 Å². The van der Waals surface area contributed by atoms with Gasteiger partial charge in [-0.3, -0.25) is 4.79 Å². The lowest BCUT2D eigenvalue weighted by Gasteiger charge is -2.35. The average Bonchev–Trinajstić information content (AvgIpc) is 2.42. The summed E-state index contributed by atoms with van der Waals surface area (Å²) in [6.45, 7) is 0.687. The number of carbonyl (C=O) groups is 1. The second-order valence-corrected chi connectivity index (χ2v) is 4.89. The van der Waals surface area contributed by atoms with Crippen LogP contribution in [0.25, 0.3) is 0 Å². The molecule has 0 spiro atoms. The maximum atomic E-state index is 13.3. The van der Waals surface area contributed by atoms with Crippen LogP contribution >= 0.6 is 0 Å². The second-order valence-electron chi connectivity index (χ2n) is 4.89. The Morgan fingerprint density at radius 2 is 2.26 bits per heavy atom. The Morgan fingerprint density at radius 1 is 1.47 bits per heavy atom. The molecule has 0 bridgehead atoms. The fraction of sp³-hybridized carbons (Fsp3) is 0.500. The van der Waals surface area contributed by atoms with Crippen molar-refractivity contribution in [1.82, 2.24) is 4.90 Å². The molecule has 2 rings (SSSR count). The van der Waals surface area contributed by atoms with Crippen LogP contribution < -0.4 is 5.73 Å². The summed E-state index contributed by atoms with van der Waals surface area (Å²) in [6, 6.07) is 3.86. The molecule has 1 aromatic rings. The third-order valence-electron chi connectivity index (χ3n) is 3.60. The quantitative estimate of drug-likeness (QED) is 0.820. The Balaban J connectivity index is 2.23. The van der Waals surface area contributed by atoms with Crippen molar-refractivity contribution in [3.8, 4) is 0 Å². The predicted molar refractivity (Wildman–Crippen MR) is 71.2 cm³/mol. The van der Waals surface area contributed by atoms with Crippen LogP contribution in [0, 0.1) is 5.82 Å². The van der Waals surface area contributed by atoms with Gasteiger partial charge in [-0.25, -0.2) is 4.39 Å².